The molecular weight excluding hydrogens is 428 g/mol. The first-order valence-corrected chi connectivity index (χ1v) is 12.9. The Hall–Kier alpha value is -2.77. The molecule has 1 saturated heterocycles. The van der Waals surface area contributed by atoms with Crippen LogP contribution in [0.3, 0.4) is 0 Å². The van der Waals surface area contributed by atoms with Gasteiger partial charge in [-0.2, -0.15) is 4.79 Å². The molecule has 0 radical (unpaired) electrons. The molecule has 6 rings (SSSR count). The number of aryl methyl sites for hydroxylation is 1. The standard InChI is InChI=1S/C26H30N6S/c1-19-17-27-26(33-19)23-21-9-5-6-10-22(21)25-24(23)28-18-29-32(25)31-15-13-30(14-16-31)12-11-20-7-3-2-4-8-20/h2-4,7-8,17-18H,5-6,9-16H2,1H3. The minimum Gasteiger partial charge on any atom is -0.299 e. The van der Waals surface area contributed by atoms with Crippen molar-refractivity contribution in [3.8, 4) is 22.0 Å². The minimum absolute atomic E-state index is 0.983. The van der Waals surface area contributed by atoms with Crippen molar-refractivity contribution in [3.05, 3.63) is 64.4 Å². The van der Waals surface area contributed by atoms with Gasteiger partial charge in [-0.25, -0.2) is 9.97 Å². The molecule has 1 aromatic carbocycles. The second kappa shape index (κ2) is 8.88. The molecule has 0 N–H and O–H groups in total. The molecule has 1 fully saturated rings. The van der Waals surface area contributed by atoms with Crippen LogP contribution in [-0.2, 0) is 19.3 Å². The molecule has 0 spiro atoms. The number of hydrogen-bond acceptors (Lipinski definition) is 6. The Morgan fingerprint density at radius 1 is 0.939 bits per heavy atom. The van der Waals surface area contributed by atoms with Crippen LogP contribution in [0.4, 0.5) is 0 Å². The minimum atomic E-state index is 0.983. The van der Waals surface area contributed by atoms with Crippen molar-refractivity contribution >= 4 is 11.3 Å². The zero-order chi connectivity index (χ0) is 22.2. The third kappa shape index (κ3) is 3.93. The second-order valence-corrected chi connectivity index (χ2v) is 10.4. The second-order valence-electron chi connectivity index (χ2n) is 9.19. The van der Waals surface area contributed by atoms with E-state index in [4.69, 9.17) is 15.1 Å². The molecule has 170 valence electrons. The molecule has 0 amide bonds. The van der Waals surface area contributed by atoms with Gasteiger partial charge in [0.15, 0.2) is 0 Å². The van der Waals surface area contributed by atoms with Crippen molar-refractivity contribution in [2.75, 3.05) is 37.7 Å². The molecule has 2 aliphatic carbocycles. The van der Waals surface area contributed by atoms with Gasteiger partial charge in [0.2, 0.25) is 0 Å². The van der Waals surface area contributed by atoms with Crippen LogP contribution in [0, 0.1) is 6.92 Å². The van der Waals surface area contributed by atoms with Gasteiger partial charge >= 0.3 is 0 Å². The van der Waals surface area contributed by atoms with E-state index in [0.717, 1.165) is 62.7 Å². The molecule has 4 aliphatic rings. The molecule has 1 aromatic heterocycles. The molecule has 2 aromatic rings. The summed E-state index contributed by atoms with van der Waals surface area (Å²) >= 11 is 1.78. The lowest BCUT2D eigenvalue weighted by Gasteiger charge is -2.37. The third-order valence-electron chi connectivity index (χ3n) is 7.08. The van der Waals surface area contributed by atoms with Gasteiger partial charge in [-0.15, -0.1) is 16.4 Å². The fourth-order valence-corrected chi connectivity index (χ4v) is 6.21. The highest BCUT2D eigenvalue weighted by Crippen LogP contribution is 2.45. The maximum absolute atomic E-state index is 4.80. The van der Waals surface area contributed by atoms with Crippen molar-refractivity contribution in [1.29, 1.82) is 0 Å². The van der Waals surface area contributed by atoms with Gasteiger partial charge in [-0.05, 0) is 55.7 Å². The van der Waals surface area contributed by atoms with Crippen molar-refractivity contribution < 1.29 is 0 Å². The number of aromatic nitrogens is 4. The fraction of sp³-hybridized carbons (Fsp3) is 0.423. The highest BCUT2D eigenvalue weighted by atomic mass is 32.1. The Morgan fingerprint density at radius 3 is 2.48 bits per heavy atom. The van der Waals surface area contributed by atoms with Crippen LogP contribution in [-0.4, -0.2) is 57.5 Å². The van der Waals surface area contributed by atoms with Crippen molar-refractivity contribution in [2.45, 2.75) is 39.0 Å². The van der Waals surface area contributed by atoms with Crippen molar-refractivity contribution in [3.63, 3.8) is 0 Å². The highest BCUT2D eigenvalue weighted by Gasteiger charge is 2.32. The van der Waals surface area contributed by atoms with Gasteiger partial charge in [-0.3, -0.25) is 9.91 Å². The highest BCUT2D eigenvalue weighted by molar-refractivity contribution is 7.15. The van der Waals surface area contributed by atoms with Crippen LogP contribution in [0.25, 0.3) is 22.0 Å². The number of benzene rings is 1. The molecule has 7 heteroatoms. The predicted molar refractivity (Wildman–Crippen MR) is 134 cm³/mol. The average molecular weight is 459 g/mol. The van der Waals surface area contributed by atoms with E-state index in [1.807, 2.05) is 6.20 Å². The van der Waals surface area contributed by atoms with E-state index in [9.17, 15) is 0 Å². The van der Waals surface area contributed by atoms with E-state index in [1.165, 1.54) is 45.7 Å². The molecule has 0 saturated carbocycles. The third-order valence-corrected chi connectivity index (χ3v) is 8.01. The summed E-state index contributed by atoms with van der Waals surface area (Å²) in [5.41, 5.74) is 7.88. The first-order chi connectivity index (χ1) is 16.3. The monoisotopic (exact) mass is 458 g/mol. The number of rotatable bonds is 5. The molecule has 2 aliphatic heterocycles. The Bertz CT molecular complexity index is 1200. The molecule has 6 nitrogen and oxygen atoms in total. The van der Waals surface area contributed by atoms with Crippen LogP contribution in [0.1, 0.15) is 34.4 Å². The van der Waals surface area contributed by atoms with Gasteiger partial charge < -0.3 is 0 Å². The van der Waals surface area contributed by atoms with Crippen LogP contribution in [0.2, 0.25) is 0 Å². The van der Waals surface area contributed by atoms with Crippen molar-refractivity contribution in [1.82, 2.24) is 24.8 Å². The molecule has 3 heterocycles. The molecular formula is C26H30N6S. The zero-order valence-electron chi connectivity index (χ0n) is 19.2. The molecule has 0 bridgehead atoms. The fourth-order valence-electron chi connectivity index (χ4n) is 5.38. The Morgan fingerprint density at radius 2 is 1.73 bits per heavy atom. The number of fused-ring (bicyclic) bond motifs is 3. The number of thiazole rings is 1. The predicted octanol–water partition coefficient (Wildman–Crippen LogP) is 4.19. The van der Waals surface area contributed by atoms with Crippen molar-refractivity contribution in [2.24, 2.45) is 0 Å². The van der Waals surface area contributed by atoms with Crippen LogP contribution >= 0.6 is 11.3 Å². The van der Waals surface area contributed by atoms with Crippen LogP contribution < -0.4 is 5.01 Å². The summed E-state index contributed by atoms with van der Waals surface area (Å²) in [4.78, 5) is 15.5. The Balaban J connectivity index is 1.26. The summed E-state index contributed by atoms with van der Waals surface area (Å²) in [6.07, 6.45) is 9.54. The van der Waals surface area contributed by atoms with Gasteiger partial charge in [0.05, 0.1) is 0 Å². The first kappa shape index (κ1) is 20.8. The lowest BCUT2D eigenvalue weighted by molar-refractivity contribution is 0.237. The summed E-state index contributed by atoms with van der Waals surface area (Å²) < 4.78 is 0. The van der Waals surface area contributed by atoms with Gasteiger partial charge in [0, 0.05) is 49.4 Å². The van der Waals surface area contributed by atoms with E-state index in [2.05, 4.69) is 52.0 Å². The molecule has 0 atom stereocenters. The van der Waals surface area contributed by atoms with E-state index in [0.29, 0.717) is 0 Å². The average Bonchev–Trinajstić information content (AvgIpc) is 3.44. The maximum Gasteiger partial charge on any atom is 0.138 e. The molecule has 0 unspecified atom stereocenters. The van der Waals surface area contributed by atoms with Crippen LogP contribution in [0.15, 0.2) is 42.9 Å². The smallest absolute Gasteiger partial charge is 0.138 e. The Kier molecular flexibility index (Phi) is 5.60. The largest absolute Gasteiger partial charge is 0.299 e. The summed E-state index contributed by atoms with van der Waals surface area (Å²) in [7, 11) is 0. The van der Waals surface area contributed by atoms with E-state index in [1.54, 1.807) is 17.7 Å². The zero-order valence-corrected chi connectivity index (χ0v) is 20.0. The summed E-state index contributed by atoms with van der Waals surface area (Å²) in [5.74, 6) is 0. The van der Waals surface area contributed by atoms with Gasteiger partial charge in [0.25, 0.3) is 0 Å². The number of piperazine rings is 1. The maximum atomic E-state index is 4.80. The quantitative estimate of drug-likeness (QED) is 0.449. The topological polar surface area (TPSA) is 50.1 Å². The first-order valence-electron chi connectivity index (χ1n) is 12.1. The van der Waals surface area contributed by atoms with E-state index >= 15 is 0 Å². The summed E-state index contributed by atoms with van der Waals surface area (Å²) in [5, 5.41) is 8.28. The Labute approximate surface area is 199 Å². The summed E-state index contributed by atoms with van der Waals surface area (Å²) in [6, 6.07) is 10.8. The SMILES string of the molecule is Cc1cnc(-c2c3ncnn(N4CCN(CCc5ccccc5)CC4)c-3c3c2CCCC3)s1. The number of hydrogen-bond donors (Lipinski definition) is 0. The van der Waals surface area contributed by atoms with E-state index in [-0.39, 0.29) is 0 Å². The van der Waals surface area contributed by atoms with Gasteiger partial charge in [-0.1, -0.05) is 30.3 Å². The lowest BCUT2D eigenvalue weighted by Crippen LogP contribution is -2.52. The van der Waals surface area contributed by atoms with Crippen LogP contribution in [0.5, 0.6) is 0 Å². The summed E-state index contributed by atoms with van der Waals surface area (Å²) in [6.45, 7) is 7.33. The van der Waals surface area contributed by atoms with E-state index < -0.39 is 0 Å². The lowest BCUT2D eigenvalue weighted by atomic mass is 9.93. The molecule has 33 heavy (non-hydrogen) atoms. The normalized spacial score (nSPS) is 16.9. The number of nitrogens with zero attached hydrogens (tertiary/aromatic N) is 6. The van der Waals surface area contributed by atoms with Gasteiger partial charge in [0.1, 0.15) is 22.7 Å².